The number of nitrogens with one attached hydrogen (secondary N) is 1. The Labute approximate surface area is 223 Å². The van der Waals surface area contributed by atoms with Crippen LogP contribution in [-0.4, -0.2) is 18.7 Å². The number of hydrogen-bond acceptors (Lipinski definition) is 5. The summed E-state index contributed by atoms with van der Waals surface area (Å²) in [6, 6.07) is 13.3. The lowest BCUT2D eigenvalue weighted by molar-refractivity contribution is -0.119. The second-order valence-corrected chi connectivity index (χ2v) is 12.5. The van der Waals surface area contributed by atoms with Gasteiger partial charge in [0.25, 0.3) is 0 Å². The van der Waals surface area contributed by atoms with Crippen LogP contribution in [0.2, 0.25) is 5.02 Å². The zero-order valence-corrected chi connectivity index (χ0v) is 22.9. The third-order valence-electron chi connectivity index (χ3n) is 7.52. The molecule has 0 spiro atoms. The zero-order chi connectivity index (χ0) is 26.5. The van der Waals surface area contributed by atoms with Crippen LogP contribution in [0.25, 0.3) is 0 Å². The highest BCUT2D eigenvalue weighted by molar-refractivity contribution is 6.30. The summed E-state index contributed by atoms with van der Waals surface area (Å²) >= 11 is 6.11. The predicted molar refractivity (Wildman–Crippen MR) is 145 cm³/mol. The van der Waals surface area contributed by atoms with Crippen molar-refractivity contribution in [3.63, 3.8) is 0 Å². The number of ketones is 2. The van der Waals surface area contributed by atoms with Gasteiger partial charge in [-0.05, 0) is 59.1 Å². The van der Waals surface area contributed by atoms with E-state index in [9.17, 15) is 9.59 Å². The van der Waals surface area contributed by atoms with Gasteiger partial charge in [0.2, 0.25) is 0 Å². The molecule has 0 unspecified atom stereocenters. The summed E-state index contributed by atoms with van der Waals surface area (Å²) in [5.74, 6) is 0.959. The van der Waals surface area contributed by atoms with E-state index in [1.54, 1.807) is 7.11 Å². The molecule has 2 aromatic carbocycles. The van der Waals surface area contributed by atoms with Crippen molar-refractivity contribution in [2.75, 3.05) is 7.11 Å². The Morgan fingerprint density at radius 3 is 2.05 bits per heavy atom. The standard InChI is InChI=1S/C31H34ClNO4/c1-30(2)13-21-28(23(34)15-30)27(29-22(33-21)14-31(3,4)16-24(29)35)19-9-10-25(26(12-19)36-5)37-17-18-7-6-8-20(32)11-18/h6-12,27,33H,13-17H2,1-5H3. The van der Waals surface area contributed by atoms with E-state index in [1.807, 2.05) is 42.5 Å². The van der Waals surface area contributed by atoms with Gasteiger partial charge in [-0.25, -0.2) is 0 Å². The highest BCUT2D eigenvalue weighted by Crippen LogP contribution is 2.51. The largest absolute Gasteiger partial charge is 0.493 e. The highest BCUT2D eigenvalue weighted by atomic mass is 35.5. The first kappa shape index (κ1) is 25.6. The molecule has 0 fully saturated rings. The van der Waals surface area contributed by atoms with E-state index in [0.717, 1.165) is 46.5 Å². The smallest absolute Gasteiger partial charge is 0.162 e. The molecule has 1 N–H and O–H groups in total. The average Bonchev–Trinajstić information content (AvgIpc) is 2.79. The van der Waals surface area contributed by atoms with Crippen LogP contribution >= 0.6 is 11.6 Å². The fourth-order valence-corrected chi connectivity index (χ4v) is 6.21. The number of benzene rings is 2. The van der Waals surface area contributed by atoms with Crippen molar-refractivity contribution in [2.45, 2.75) is 65.9 Å². The number of rotatable bonds is 5. The summed E-state index contributed by atoms with van der Waals surface area (Å²) in [5.41, 5.74) is 4.92. The Balaban J connectivity index is 1.56. The fourth-order valence-electron chi connectivity index (χ4n) is 5.99. The van der Waals surface area contributed by atoms with Gasteiger partial charge in [-0.3, -0.25) is 9.59 Å². The normalized spacial score (nSPS) is 20.8. The van der Waals surface area contributed by atoms with Gasteiger partial charge >= 0.3 is 0 Å². The minimum Gasteiger partial charge on any atom is -0.493 e. The molecule has 1 aliphatic heterocycles. The molecule has 194 valence electrons. The summed E-state index contributed by atoms with van der Waals surface area (Å²) in [4.78, 5) is 27.1. The van der Waals surface area contributed by atoms with E-state index in [4.69, 9.17) is 21.1 Å². The third-order valence-corrected chi connectivity index (χ3v) is 7.76. The van der Waals surface area contributed by atoms with E-state index in [1.165, 1.54) is 0 Å². The van der Waals surface area contributed by atoms with Gasteiger partial charge in [0, 0.05) is 46.3 Å². The molecule has 6 heteroatoms. The molecule has 1 heterocycles. The lowest BCUT2D eigenvalue weighted by Gasteiger charge is -2.44. The Morgan fingerprint density at radius 2 is 1.49 bits per heavy atom. The minimum atomic E-state index is -0.408. The Hall–Kier alpha value is -3.05. The number of ether oxygens (including phenoxy) is 2. The summed E-state index contributed by atoms with van der Waals surface area (Å²) in [6.45, 7) is 8.84. The van der Waals surface area contributed by atoms with Crippen LogP contribution in [0, 0.1) is 10.8 Å². The van der Waals surface area contributed by atoms with Gasteiger partial charge in [0.05, 0.1) is 7.11 Å². The Morgan fingerprint density at radius 1 is 0.865 bits per heavy atom. The van der Waals surface area contributed by atoms with Crippen molar-refractivity contribution in [3.05, 3.63) is 81.2 Å². The minimum absolute atomic E-state index is 0.105. The first-order valence-electron chi connectivity index (χ1n) is 12.8. The zero-order valence-electron chi connectivity index (χ0n) is 22.2. The topological polar surface area (TPSA) is 64.6 Å². The SMILES string of the molecule is COc1cc(C2C3=C(CC(C)(C)CC3=O)NC3=C2C(=O)CC(C)(C)C3)ccc1OCc1cccc(Cl)c1. The fraction of sp³-hybridized carbons (Fsp3) is 0.419. The lowest BCUT2D eigenvalue weighted by Crippen LogP contribution is -2.42. The number of carbonyl (C=O) groups excluding carboxylic acids is 2. The van der Waals surface area contributed by atoms with Crippen LogP contribution in [0.4, 0.5) is 0 Å². The van der Waals surface area contributed by atoms with Crippen LogP contribution in [0.3, 0.4) is 0 Å². The molecular formula is C31H34ClNO4. The monoisotopic (exact) mass is 519 g/mol. The van der Waals surface area contributed by atoms with Gasteiger partial charge < -0.3 is 14.8 Å². The molecule has 0 aromatic heterocycles. The second-order valence-electron chi connectivity index (χ2n) is 12.1. The van der Waals surface area contributed by atoms with Gasteiger partial charge in [0.15, 0.2) is 23.1 Å². The average molecular weight is 520 g/mol. The number of halogens is 1. The van der Waals surface area contributed by atoms with Crippen LogP contribution in [0.1, 0.15) is 70.4 Å². The summed E-state index contributed by atoms with van der Waals surface area (Å²) in [6.07, 6.45) is 2.47. The molecule has 2 aliphatic carbocycles. The first-order chi connectivity index (χ1) is 17.5. The summed E-state index contributed by atoms with van der Waals surface area (Å²) < 4.78 is 11.8. The van der Waals surface area contributed by atoms with E-state index >= 15 is 0 Å². The number of hydrogen-bond donors (Lipinski definition) is 1. The molecule has 37 heavy (non-hydrogen) atoms. The molecule has 0 radical (unpaired) electrons. The third kappa shape index (κ3) is 5.06. The Kier molecular flexibility index (Phi) is 6.47. The van der Waals surface area contributed by atoms with Crippen molar-refractivity contribution in [3.8, 4) is 11.5 Å². The maximum Gasteiger partial charge on any atom is 0.162 e. The maximum atomic E-state index is 13.5. The van der Waals surface area contributed by atoms with Crippen LogP contribution in [0.5, 0.6) is 11.5 Å². The van der Waals surface area contributed by atoms with Crippen molar-refractivity contribution in [2.24, 2.45) is 10.8 Å². The second kappa shape index (κ2) is 9.36. The molecule has 0 bridgehead atoms. The van der Waals surface area contributed by atoms with E-state index < -0.39 is 5.92 Å². The van der Waals surface area contributed by atoms with E-state index in [0.29, 0.717) is 36.0 Å². The van der Waals surface area contributed by atoms with Crippen LogP contribution < -0.4 is 14.8 Å². The van der Waals surface area contributed by atoms with Crippen molar-refractivity contribution in [1.29, 1.82) is 0 Å². The molecule has 5 nitrogen and oxygen atoms in total. The van der Waals surface area contributed by atoms with Gasteiger partial charge in [-0.2, -0.15) is 0 Å². The van der Waals surface area contributed by atoms with Crippen molar-refractivity contribution in [1.82, 2.24) is 5.32 Å². The first-order valence-corrected chi connectivity index (χ1v) is 13.2. The molecule has 3 aliphatic rings. The number of Topliss-reactive ketones (excluding diaryl/α,β-unsaturated/α-hetero) is 2. The van der Waals surface area contributed by atoms with Crippen molar-refractivity contribution < 1.29 is 19.1 Å². The summed E-state index contributed by atoms with van der Waals surface area (Å²) in [7, 11) is 1.60. The lowest BCUT2D eigenvalue weighted by atomic mass is 9.64. The molecule has 2 aromatic rings. The van der Waals surface area contributed by atoms with Crippen LogP contribution in [-0.2, 0) is 16.2 Å². The maximum absolute atomic E-state index is 13.5. The van der Waals surface area contributed by atoms with Crippen LogP contribution in [0.15, 0.2) is 65.0 Å². The summed E-state index contributed by atoms with van der Waals surface area (Å²) in [5, 5.41) is 4.22. The number of carbonyl (C=O) groups is 2. The quantitative estimate of drug-likeness (QED) is 0.465. The molecule has 0 saturated heterocycles. The number of dihydropyridines is 1. The van der Waals surface area contributed by atoms with Gasteiger partial charge in [0.1, 0.15) is 6.61 Å². The van der Waals surface area contributed by atoms with Crippen molar-refractivity contribution >= 4 is 23.2 Å². The molecule has 0 amide bonds. The van der Waals surface area contributed by atoms with E-state index in [-0.39, 0.29) is 22.4 Å². The molecular weight excluding hydrogens is 486 g/mol. The molecule has 0 atom stereocenters. The van der Waals surface area contributed by atoms with Gasteiger partial charge in [-0.15, -0.1) is 0 Å². The Bertz CT molecular complexity index is 1300. The predicted octanol–water partition coefficient (Wildman–Crippen LogP) is 6.90. The van der Waals surface area contributed by atoms with Gasteiger partial charge in [-0.1, -0.05) is 57.5 Å². The highest BCUT2D eigenvalue weighted by Gasteiger charge is 2.46. The molecule has 0 saturated carbocycles. The number of allylic oxidation sites excluding steroid dienone is 4. The number of methoxy groups -OCH3 is 1. The molecule has 5 rings (SSSR count). The van der Waals surface area contributed by atoms with E-state index in [2.05, 4.69) is 33.0 Å².